The zero-order valence-corrected chi connectivity index (χ0v) is 12.4. The number of nitrogens with zero attached hydrogens (tertiary/aromatic N) is 1. The van der Waals surface area contributed by atoms with Crippen molar-refractivity contribution in [1.82, 2.24) is 4.57 Å². The Bertz CT molecular complexity index is 702. The van der Waals surface area contributed by atoms with E-state index in [2.05, 4.69) is 66.7 Å². The Kier molecular flexibility index (Phi) is 4.41. The van der Waals surface area contributed by atoms with Crippen LogP contribution in [0.5, 0.6) is 0 Å². The Balaban J connectivity index is 0.000000212. The van der Waals surface area contributed by atoms with Crippen molar-refractivity contribution in [2.75, 3.05) is 0 Å². The fourth-order valence-electron chi connectivity index (χ4n) is 2.35. The lowest BCUT2D eigenvalue weighted by atomic mass is 10.2. The largest absolute Gasteiger partial charge is 0.344 e. The summed E-state index contributed by atoms with van der Waals surface area (Å²) in [6, 6.07) is 17.0. The zero-order valence-electron chi connectivity index (χ0n) is 12.4. The molecule has 1 nitrogen and oxygen atoms in total. The fourth-order valence-corrected chi connectivity index (χ4v) is 2.35. The van der Waals surface area contributed by atoms with Crippen LogP contribution in [0.3, 0.4) is 0 Å². The van der Waals surface area contributed by atoms with Crippen LogP contribution in [0.15, 0.2) is 72.8 Å². The molecule has 0 saturated heterocycles. The van der Waals surface area contributed by atoms with Crippen molar-refractivity contribution >= 4 is 21.8 Å². The molecule has 1 aromatic heterocycles. The van der Waals surface area contributed by atoms with Gasteiger partial charge >= 0.3 is 0 Å². The number of benzene rings is 2. The normalized spacial score (nSPS) is 9.95. The molecule has 0 radical (unpaired) electrons. The molecule has 3 aromatic rings. The number of hydrogen-bond acceptors (Lipinski definition) is 0. The van der Waals surface area contributed by atoms with Gasteiger partial charge in [0.25, 0.3) is 0 Å². The monoisotopic (exact) mass is 263 g/mol. The average molecular weight is 263 g/mol. The van der Waals surface area contributed by atoms with Crippen molar-refractivity contribution in [1.29, 1.82) is 0 Å². The molecule has 0 bridgehead atoms. The lowest BCUT2D eigenvalue weighted by Gasteiger charge is -1.95. The lowest BCUT2D eigenvalue weighted by molar-refractivity contribution is 1.01. The highest BCUT2D eigenvalue weighted by Crippen LogP contribution is 2.26. The SMILES string of the molecule is C=CC=C(C)C.Cn1c2ccccc2c2ccccc21. The van der Waals surface area contributed by atoms with Crippen LogP contribution < -0.4 is 0 Å². The maximum atomic E-state index is 3.52. The van der Waals surface area contributed by atoms with E-state index in [0.717, 1.165) is 0 Å². The van der Waals surface area contributed by atoms with Gasteiger partial charge < -0.3 is 4.57 Å². The van der Waals surface area contributed by atoms with E-state index in [9.17, 15) is 0 Å². The van der Waals surface area contributed by atoms with E-state index in [1.165, 1.54) is 27.4 Å². The van der Waals surface area contributed by atoms with Gasteiger partial charge in [0.1, 0.15) is 0 Å². The first-order valence-corrected chi connectivity index (χ1v) is 6.83. The molecule has 0 fully saturated rings. The van der Waals surface area contributed by atoms with Gasteiger partial charge in [-0.2, -0.15) is 0 Å². The molecule has 0 spiro atoms. The summed E-state index contributed by atoms with van der Waals surface area (Å²) in [7, 11) is 2.12. The molecule has 1 heteroatoms. The van der Waals surface area contributed by atoms with Crippen LogP contribution in [0.25, 0.3) is 21.8 Å². The van der Waals surface area contributed by atoms with E-state index in [-0.39, 0.29) is 0 Å². The van der Waals surface area contributed by atoms with Gasteiger partial charge in [0.2, 0.25) is 0 Å². The third-order valence-corrected chi connectivity index (χ3v) is 3.27. The molecule has 0 atom stereocenters. The number of rotatable bonds is 1. The van der Waals surface area contributed by atoms with E-state index >= 15 is 0 Å². The summed E-state index contributed by atoms with van der Waals surface area (Å²) in [5.74, 6) is 0. The Morgan fingerprint density at radius 2 is 1.35 bits per heavy atom. The quantitative estimate of drug-likeness (QED) is 0.513. The minimum absolute atomic E-state index is 1.30. The van der Waals surface area contributed by atoms with Gasteiger partial charge in [-0.05, 0) is 26.0 Å². The maximum absolute atomic E-state index is 3.52. The number of fused-ring (bicyclic) bond motifs is 3. The molecule has 0 amide bonds. The standard InChI is InChI=1S/C13H11N.C6H10/c1-14-12-8-4-2-6-10(12)11-7-3-5-9-13(11)14;1-4-5-6(2)3/h2-9H,1H3;4-5H,1H2,2-3H3. The Morgan fingerprint density at radius 3 is 1.70 bits per heavy atom. The highest BCUT2D eigenvalue weighted by molar-refractivity contribution is 6.07. The Labute approximate surface area is 120 Å². The molecular formula is C19H21N. The number of aryl methyl sites for hydroxylation is 1. The van der Waals surface area contributed by atoms with E-state index in [0.29, 0.717) is 0 Å². The average Bonchev–Trinajstić information content (AvgIpc) is 2.74. The Hall–Kier alpha value is -2.28. The molecule has 0 N–H and O–H groups in total. The van der Waals surface area contributed by atoms with E-state index in [4.69, 9.17) is 0 Å². The van der Waals surface area contributed by atoms with Crippen molar-refractivity contribution in [3.8, 4) is 0 Å². The molecule has 0 saturated carbocycles. The van der Waals surface area contributed by atoms with Crippen LogP contribution in [0.1, 0.15) is 13.8 Å². The second-order valence-electron chi connectivity index (χ2n) is 5.07. The minimum atomic E-state index is 1.30. The molecule has 3 rings (SSSR count). The lowest BCUT2D eigenvalue weighted by Crippen LogP contribution is -1.84. The molecular weight excluding hydrogens is 242 g/mol. The molecule has 102 valence electrons. The summed E-state index contributed by atoms with van der Waals surface area (Å²) in [4.78, 5) is 0. The van der Waals surface area contributed by atoms with Crippen molar-refractivity contribution in [3.05, 3.63) is 72.8 Å². The number of aromatic nitrogens is 1. The second kappa shape index (κ2) is 6.25. The first-order chi connectivity index (χ1) is 9.65. The highest BCUT2D eigenvalue weighted by Gasteiger charge is 2.04. The number of para-hydroxylation sites is 2. The fraction of sp³-hybridized carbons (Fsp3) is 0.158. The first kappa shape index (κ1) is 14.1. The van der Waals surface area contributed by atoms with Crippen LogP contribution in [0, 0.1) is 0 Å². The molecule has 20 heavy (non-hydrogen) atoms. The van der Waals surface area contributed by atoms with Crippen LogP contribution in [-0.4, -0.2) is 4.57 Å². The predicted molar refractivity (Wildman–Crippen MR) is 90.1 cm³/mol. The molecule has 0 aliphatic carbocycles. The van der Waals surface area contributed by atoms with E-state index in [1.807, 2.05) is 19.9 Å². The van der Waals surface area contributed by atoms with Crippen LogP contribution >= 0.6 is 0 Å². The summed E-state index contributed by atoms with van der Waals surface area (Å²) < 4.78 is 2.24. The molecule has 0 aliphatic heterocycles. The van der Waals surface area contributed by atoms with Crippen molar-refractivity contribution in [2.24, 2.45) is 7.05 Å². The van der Waals surface area contributed by atoms with E-state index < -0.39 is 0 Å². The minimum Gasteiger partial charge on any atom is -0.344 e. The second-order valence-corrected chi connectivity index (χ2v) is 5.07. The van der Waals surface area contributed by atoms with Gasteiger partial charge in [-0.3, -0.25) is 0 Å². The number of hydrogen-bond donors (Lipinski definition) is 0. The van der Waals surface area contributed by atoms with Gasteiger partial charge in [-0.1, -0.05) is 60.7 Å². The summed E-state index contributed by atoms with van der Waals surface area (Å²) >= 11 is 0. The van der Waals surface area contributed by atoms with E-state index in [1.54, 1.807) is 6.08 Å². The van der Waals surface area contributed by atoms with Crippen LogP contribution in [0.2, 0.25) is 0 Å². The third-order valence-electron chi connectivity index (χ3n) is 3.27. The molecule has 2 aromatic carbocycles. The van der Waals surface area contributed by atoms with Gasteiger partial charge in [0.15, 0.2) is 0 Å². The topological polar surface area (TPSA) is 4.93 Å². The summed E-state index contributed by atoms with van der Waals surface area (Å²) in [6.45, 7) is 7.61. The van der Waals surface area contributed by atoms with Crippen molar-refractivity contribution < 1.29 is 0 Å². The zero-order chi connectivity index (χ0) is 14.5. The Morgan fingerprint density at radius 1 is 0.900 bits per heavy atom. The van der Waals surface area contributed by atoms with Gasteiger partial charge in [0, 0.05) is 28.9 Å². The smallest absolute Gasteiger partial charge is 0.0488 e. The molecule has 0 aliphatic rings. The summed E-state index contributed by atoms with van der Waals surface area (Å²) in [5.41, 5.74) is 3.90. The van der Waals surface area contributed by atoms with Crippen LogP contribution in [0.4, 0.5) is 0 Å². The summed E-state index contributed by atoms with van der Waals surface area (Å²) in [6.07, 6.45) is 3.76. The van der Waals surface area contributed by atoms with Gasteiger partial charge in [-0.15, -0.1) is 0 Å². The van der Waals surface area contributed by atoms with Gasteiger partial charge in [0.05, 0.1) is 0 Å². The van der Waals surface area contributed by atoms with Crippen LogP contribution in [-0.2, 0) is 7.05 Å². The first-order valence-electron chi connectivity index (χ1n) is 6.83. The number of allylic oxidation sites excluding steroid dienone is 3. The summed E-state index contributed by atoms with van der Waals surface area (Å²) in [5, 5.41) is 2.68. The maximum Gasteiger partial charge on any atom is 0.0488 e. The van der Waals surface area contributed by atoms with Crippen molar-refractivity contribution in [3.63, 3.8) is 0 Å². The van der Waals surface area contributed by atoms with Gasteiger partial charge in [-0.25, -0.2) is 0 Å². The highest BCUT2D eigenvalue weighted by atomic mass is 14.9. The molecule has 0 unspecified atom stereocenters. The molecule has 1 heterocycles. The van der Waals surface area contributed by atoms with Crippen molar-refractivity contribution in [2.45, 2.75) is 13.8 Å². The predicted octanol–water partition coefficient (Wildman–Crippen LogP) is 5.47. The third kappa shape index (κ3) is 2.83.